The topological polar surface area (TPSA) is 26.3 Å². The van der Waals surface area contributed by atoms with Crippen LogP contribution in [0.3, 0.4) is 0 Å². The summed E-state index contributed by atoms with van der Waals surface area (Å²) in [7, 11) is 0. The van der Waals surface area contributed by atoms with Gasteiger partial charge in [-0.15, -0.1) is 11.6 Å². The third-order valence-corrected chi connectivity index (χ3v) is 13.7. The predicted molar refractivity (Wildman–Crippen MR) is 174 cm³/mol. The van der Waals surface area contributed by atoms with E-state index >= 15 is 0 Å². The van der Waals surface area contributed by atoms with E-state index in [0.29, 0.717) is 23.2 Å². The van der Waals surface area contributed by atoms with Crippen LogP contribution in [0.25, 0.3) is 0 Å². The van der Waals surface area contributed by atoms with Crippen LogP contribution < -0.4 is 0 Å². The van der Waals surface area contributed by atoms with Crippen LogP contribution in [0.4, 0.5) is 0 Å². The van der Waals surface area contributed by atoms with Crippen molar-refractivity contribution in [3.05, 3.63) is 83.9 Å². The van der Waals surface area contributed by atoms with Crippen molar-refractivity contribution in [2.75, 3.05) is 0 Å². The second kappa shape index (κ2) is 11.8. The third kappa shape index (κ3) is 5.29. The van der Waals surface area contributed by atoms with E-state index in [4.69, 9.17) is 16.3 Å². The maximum atomic E-state index is 11.7. The van der Waals surface area contributed by atoms with Crippen molar-refractivity contribution in [3.63, 3.8) is 0 Å². The first kappa shape index (κ1) is 30.0. The van der Waals surface area contributed by atoms with E-state index in [1.165, 1.54) is 50.2 Å². The highest BCUT2D eigenvalue weighted by atomic mass is 35.5. The van der Waals surface area contributed by atoms with Crippen LogP contribution in [-0.2, 0) is 9.53 Å². The van der Waals surface area contributed by atoms with Crippen molar-refractivity contribution in [1.29, 1.82) is 0 Å². The molecular formula is C39H51ClO2. The maximum Gasteiger partial charge on any atom is 0.302 e. The maximum absolute atomic E-state index is 11.7. The number of carbonyl (C=O) groups excluding carboxylic acids is 1. The van der Waals surface area contributed by atoms with Crippen molar-refractivity contribution in [1.82, 2.24) is 0 Å². The summed E-state index contributed by atoms with van der Waals surface area (Å²) in [5.41, 5.74) is 3.31. The molecule has 0 aliphatic heterocycles. The Labute approximate surface area is 259 Å². The molecule has 0 amide bonds. The number of hydrogen-bond donors (Lipinski definition) is 0. The van der Waals surface area contributed by atoms with Gasteiger partial charge in [-0.2, -0.15) is 0 Å². The van der Waals surface area contributed by atoms with Gasteiger partial charge in [0, 0.05) is 19.3 Å². The van der Waals surface area contributed by atoms with Gasteiger partial charge in [-0.25, -0.2) is 0 Å². The number of allylic oxidation sites excluding steroid dienone is 2. The van der Waals surface area contributed by atoms with Crippen molar-refractivity contribution < 1.29 is 9.53 Å². The summed E-state index contributed by atoms with van der Waals surface area (Å²) < 4.78 is 5.68. The molecule has 3 heteroatoms. The Hall–Kier alpha value is -2.06. The van der Waals surface area contributed by atoms with Gasteiger partial charge in [-0.3, -0.25) is 4.79 Å². The first-order valence-corrected chi connectivity index (χ1v) is 17.1. The highest BCUT2D eigenvalue weighted by Crippen LogP contribution is 2.70. The van der Waals surface area contributed by atoms with Gasteiger partial charge in [0.25, 0.3) is 0 Å². The number of benzene rings is 2. The molecule has 2 aromatic carbocycles. The first-order chi connectivity index (χ1) is 20.1. The van der Waals surface area contributed by atoms with Crippen LogP contribution in [0.2, 0.25) is 0 Å². The molecule has 0 bridgehead atoms. The third-order valence-electron chi connectivity index (χ3n) is 12.9. The van der Waals surface area contributed by atoms with Gasteiger partial charge in [-0.1, -0.05) is 93.6 Å². The summed E-state index contributed by atoms with van der Waals surface area (Å²) in [6.45, 7) is 9.22. The Bertz CT molecular complexity index is 1220. The summed E-state index contributed by atoms with van der Waals surface area (Å²) in [5, 5.41) is 0. The van der Waals surface area contributed by atoms with Crippen LogP contribution in [0.5, 0.6) is 0 Å². The number of ether oxygens (including phenoxy) is 1. The average molecular weight is 587 g/mol. The van der Waals surface area contributed by atoms with Gasteiger partial charge in [-0.05, 0) is 109 Å². The molecule has 4 fully saturated rings. The van der Waals surface area contributed by atoms with Crippen molar-refractivity contribution in [3.8, 4) is 0 Å². The van der Waals surface area contributed by atoms with Gasteiger partial charge >= 0.3 is 5.97 Å². The van der Waals surface area contributed by atoms with Crippen LogP contribution >= 0.6 is 11.6 Å². The number of hydrogen-bond acceptors (Lipinski definition) is 2. The molecule has 42 heavy (non-hydrogen) atoms. The Kier molecular flexibility index (Phi) is 8.42. The van der Waals surface area contributed by atoms with E-state index < -0.39 is 0 Å². The highest BCUT2D eigenvalue weighted by molar-refractivity contribution is 6.24. The number of esters is 1. The second-order valence-corrected chi connectivity index (χ2v) is 15.7. The number of alkyl halides is 1. The van der Waals surface area contributed by atoms with E-state index in [2.05, 4.69) is 93.6 Å². The Balaban J connectivity index is 1.15. The molecular weight excluding hydrogens is 536 g/mol. The Morgan fingerprint density at radius 3 is 2.21 bits per heavy atom. The summed E-state index contributed by atoms with van der Waals surface area (Å²) in [4.78, 5) is 11.5. The number of halogens is 1. The van der Waals surface area contributed by atoms with Gasteiger partial charge in [0.1, 0.15) is 6.10 Å². The minimum absolute atomic E-state index is 0.00775. The SMILES string of the molecule is CC(=O)OC1CC[C@]2(C)C3CC[C@]4(C)C(C(C)CC=CC(c5ccccc5)c5ccccc5)CCC4C3CC[C@@]2(Cl)C1. The smallest absolute Gasteiger partial charge is 0.302 e. The largest absolute Gasteiger partial charge is 0.462 e. The lowest BCUT2D eigenvalue weighted by molar-refractivity contribution is -0.157. The molecule has 4 aliphatic rings. The zero-order valence-corrected chi connectivity index (χ0v) is 27.0. The monoisotopic (exact) mass is 586 g/mol. The van der Waals surface area contributed by atoms with Gasteiger partial charge in [0.15, 0.2) is 0 Å². The van der Waals surface area contributed by atoms with E-state index in [1.54, 1.807) is 0 Å². The highest BCUT2D eigenvalue weighted by Gasteiger charge is 2.64. The molecule has 0 heterocycles. The minimum Gasteiger partial charge on any atom is -0.462 e. The summed E-state index contributed by atoms with van der Waals surface area (Å²) in [5.74, 6) is 3.92. The zero-order valence-electron chi connectivity index (χ0n) is 26.2. The lowest BCUT2D eigenvalue weighted by Crippen LogP contribution is -2.60. The molecule has 0 saturated heterocycles. The van der Waals surface area contributed by atoms with E-state index in [9.17, 15) is 4.79 Å². The van der Waals surface area contributed by atoms with Gasteiger partial charge < -0.3 is 4.74 Å². The molecule has 2 aromatic rings. The van der Waals surface area contributed by atoms with Crippen molar-refractivity contribution in [2.45, 2.75) is 109 Å². The van der Waals surface area contributed by atoms with Crippen LogP contribution in [-0.4, -0.2) is 16.9 Å². The first-order valence-electron chi connectivity index (χ1n) is 16.8. The molecule has 9 atom stereocenters. The van der Waals surface area contributed by atoms with Gasteiger partial charge in [0.2, 0.25) is 0 Å². The molecule has 4 aliphatic carbocycles. The Morgan fingerprint density at radius 2 is 1.57 bits per heavy atom. The molecule has 0 aromatic heterocycles. The number of carbonyl (C=O) groups is 1. The second-order valence-electron chi connectivity index (χ2n) is 14.9. The lowest BCUT2D eigenvalue weighted by Gasteiger charge is -2.64. The molecule has 6 rings (SSSR count). The molecule has 4 saturated carbocycles. The molecule has 0 radical (unpaired) electrons. The fraction of sp³-hybridized carbons (Fsp3) is 0.615. The normalized spacial score (nSPS) is 38.5. The number of fused-ring (bicyclic) bond motifs is 5. The van der Waals surface area contributed by atoms with Crippen LogP contribution in [0.1, 0.15) is 109 Å². The van der Waals surface area contributed by atoms with Crippen LogP contribution in [0.15, 0.2) is 72.8 Å². The molecule has 226 valence electrons. The number of rotatable bonds is 7. The minimum atomic E-state index is -0.232. The van der Waals surface area contributed by atoms with Gasteiger partial charge in [0.05, 0.1) is 4.87 Å². The van der Waals surface area contributed by atoms with Crippen LogP contribution in [0, 0.1) is 40.4 Å². The Morgan fingerprint density at radius 1 is 0.905 bits per heavy atom. The van der Waals surface area contributed by atoms with Crippen molar-refractivity contribution >= 4 is 17.6 Å². The van der Waals surface area contributed by atoms with E-state index in [-0.39, 0.29) is 22.4 Å². The summed E-state index contributed by atoms with van der Waals surface area (Å²) in [6, 6.07) is 21.9. The van der Waals surface area contributed by atoms with E-state index in [1.807, 2.05) is 0 Å². The van der Waals surface area contributed by atoms with E-state index in [0.717, 1.165) is 49.9 Å². The summed E-state index contributed by atoms with van der Waals surface area (Å²) >= 11 is 7.55. The molecule has 2 nitrogen and oxygen atoms in total. The average Bonchev–Trinajstić information content (AvgIpc) is 3.34. The predicted octanol–water partition coefficient (Wildman–Crippen LogP) is 10.4. The zero-order chi connectivity index (χ0) is 29.5. The fourth-order valence-corrected chi connectivity index (χ4v) is 11.3. The van der Waals surface area contributed by atoms with Crippen molar-refractivity contribution in [2.24, 2.45) is 40.4 Å². The quantitative estimate of drug-likeness (QED) is 0.183. The fourth-order valence-electron chi connectivity index (χ4n) is 10.8. The lowest BCUT2D eigenvalue weighted by atomic mass is 9.44. The molecule has 6 unspecified atom stereocenters. The molecule has 0 spiro atoms. The standard InChI is InChI=1S/C39H51ClO2/c1-27(12-11-17-32(29-13-7-5-8-14-29)30-15-9-6-10-16-30)34-18-19-35-33-21-25-39(40)26-31(42-28(2)41)20-24-38(39,4)36(33)22-23-37(34,35)3/h5-11,13-17,27,31-36H,12,18-26H2,1-4H3/t27?,31?,33?,34?,35?,36?,37-,38-,39-/m1/s1. The summed E-state index contributed by atoms with van der Waals surface area (Å²) in [6.07, 6.45) is 16.7. The molecule has 0 N–H and O–H groups in total.